The van der Waals surface area contributed by atoms with Gasteiger partial charge in [-0.15, -0.1) is 0 Å². The van der Waals surface area contributed by atoms with Crippen molar-refractivity contribution in [2.24, 2.45) is 0 Å². The fourth-order valence-electron chi connectivity index (χ4n) is 3.48. The van der Waals surface area contributed by atoms with Crippen molar-refractivity contribution in [1.82, 2.24) is 10.2 Å². The van der Waals surface area contributed by atoms with Crippen LogP contribution in [-0.2, 0) is 14.3 Å². The first-order valence-corrected chi connectivity index (χ1v) is 9.79. The van der Waals surface area contributed by atoms with Gasteiger partial charge in [0.2, 0.25) is 5.91 Å². The van der Waals surface area contributed by atoms with Crippen LogP contribution in [0, 0.1) is 11.6 Å². The van der Waals surface area contributed by atoms with Gasteiger partial charge in [0, 0.05) is 31.9 Å². The van der Waals surface area contributed by atoms with Crippen molar-refractivity contribution in [3.05, 3.63) is 65.7 Å². The number of esters is 1. The van der Waals surface area contributed by atoms with Gasteiger partial charge in [-0.3, -0.25) is 14.5 Å². The Kier molecular flexibility index (Phi) is 7.35. The van der Waals surface area contributed by atoms with Gasteiger partial charge in [0.15, 0.2) is 0 Å². The van der Waals surface area contributed by atoms with Gasteiger partial charge in [0.25, 0.3) is 0 Å². The third-order valence-electron chi connectivity index (χ3n) is 5.12. The molecule has 30 heavy (non-hydrogen) atoms. The summed E-state index contributed by atoms with van der Waals surface area (Å²) in [7, 11) is 1.27. The molecule has 2 aromatic rings. The van der Waals surface area contributed by atoms with E-state index in [1.54, 1.807) is 18.2 Å². The Bertz CT molecular complexity index is 868. The summed E-state index contributed by atoms with van der Waals surface area (Å²) in [6.07, 6.45) is -0.0793. The second kappa shape index (κ2) is 10.2. The highest BCUT2D eigenvalue weighted by molar-refractivity contribution is 5.79. The van der Waals surface area contributed by atoms with Crippen LogP contribution < -0.4 is 10.2 Å². The second-order valence-electron chi connectivity index (χ2n) is 7.19. The first kappa shape index (κ1) is 21.7. The molecular formula is C22H25F2N3O3. The van der Waals surface area contributed by atoms with Crippen LogP contribution in [0.4, 0.5) is 14.5 Å². The van der Waals surface area contributed by atoms with E-state index in [0.717, 1.165) is 5.69 Å². The minimum absolute atomic E-state index is 0.0793. The highest BCUT2D eigenvalue weighted by Crippen LogP contribution is 2.19. The number of methoxy groups -OCH3 is 1. The van der Waals surface area contributed by atoms with E-state index in [1.165, 1.54) is 37.4 Å². The molecule has 1 fully saturated rings. The van der Waals surface area contributed by atoms with Gasteiger partial charge in [-0.25, -0.2) is 8.78 Å². The lowest BCUT2D eigenvalue weighted by atomic mass is 10.0. The summed E-state index contributed by atoms with van der Waals surface area (Å²) < 4.78 is 31.4. The molecular weight excluding hydrogens is 392 g/mol. The summed E-state index contributed by atoms with van der Waals surface area (Å²) in [5.41, 5.74) is 1.46. The van der Waals surface area contributed by atoms with Crippen LogP contribution in [0.5, 0.6) is 0 Å². The largest absolute Gasteiger partial charge is 0.469 e. The van der Waals surface area contributed by atoms with Crippen LogP contribution in [0.2, 0.25) is 0 Å². The minimum atomic E-state index is -0.666. The van der Waals surface area contributed by atoms with Gasteiger partial charge in [-0.2, -0.15) is 0 Å². The van der Waals surface area contributed by atoms with E-state index in [-0.39, 0.29) is 24.7 Å². The number of hydrogen-bond donors (Lipinski definition) is 1. The standard InChI is InChI=1S/C22H25F2N3O3/c1-30-22(29)14-20(16-3-2-4-18(24)13-16)25-21(28)15-26-9-11-27(12-10-26)19-7-5-17(23)6-8-19/h2-8,13,20H,9-12,14-15H2,1H3,(H,25,28)/t20-/m1/s1. The average molecular weight is 417 g/mol. The van der Waals surface area contributed by atoms with Crippen molar-refractivity contribution in [2.75, 3.05) is 44.7 Å². The molecule has 0 spiro atoms. The van der Waals surface area contributed by atoms with Crippen molar-refractivity contribution < 1.29 is 23.1 Å². The normalized spacial score (nSPS) is 15.5. The Morgan fingerprint density at radius 2 is 1.73 bits per heavy atom. The number of benzene rings is 2. The second-order valence-corrected chi connectivity index (χ2v) is 7.19. The maximum Gasteiger partial charge on any atom is 0.307 e. The van der Waals surface area contributed by atoms with E-state index >= 15 is 0 Å². The molecule has 0 unspecified atom stereocenters. The zero-order valence-corrected chi connectivity index (χ0v) is 16.8. The monoisotopic (exact) mass is 417 g/mol. The zero-order valence-electron chi connectivity index (χ0n) is 16.8. The topological polar surface area (TPSA) is 61.9 Å². The van der Waals surface area contributed by atoms with Crippen molar-refractivity contribution in [1.29, 1.82) is 0 Å². The fourth-order valence-corrected chi connectivity index (χ4v) is 3.48. The van der Waals surface area contributed by atoms with Crippen molar-refractivity contribution in [3.8, 4) is 0 Å². The summed E-state index contributed by atoms with van der Waals surface area (Å²) in [5, 5.41) is 2.82. The molecule has 2 aromatic carbocycles. The molecule has 0 aromatic heterocycles. The van der Waals surface area contributed by atoms with Crippen molar-refractivity contribution in [2.45, 2.75) is 12.5 Å². The van der Waals surface area contributed by atoms with Gasteiger partial charge in [-0.1, -0.05) is 12.1 Å². The Labute approximate surface area is 174 Å². The molecule has 0 bridgehead atoms. The number of carbonyl (C=O) groups is 2. The third kappa shape index (κ3) is 6.00. The number of hydrogen-bond acceptors (Lipinski definition) is 5. The molecule has 1 aliphatic rings. The summed E-state index contributed by atoms with van der Waals surface area (Å²) in [5.74, 6) is -1.44. The average Bonchev–Trinajstić information content (AvgIpc) is 2.74. The van der Waals surface area contributed by atoms with Crippen LogP contribution in [0.25, 0.3) is 0 Å². The van der Waals surface area contributed by atoms with E-state index in [2.05, 4.69) is 10.2 Å². The Balaban J connectivity index is 1.55. The smallest absolute Gasteiger partial charge is 0.307 e. The fraction of sp³-hybridized carbons (Fsp3) is 0.364. The van der Waals surface area contributed by atoms with Gasteiger partial charge >= 0.3 is 5.97 Å². The van der Waals surface area contributed by atoms with E-state index in [4.69, 9.17) is 4.74 Å². The molecule has 1 N–H and O–H groups in total. The first-order valence-electron chi connectivity index (χ1n) is 9.79. The van der Waals surface area contributed by atoms with Crippen LogP contribution in [0.15, 0.2) is 48.5 Å². The van der Waals surface area contributed by atoms with Crippen molar-refractivity contribution in [3.63, 3.8) is 0 Å². The highest BCUT2D eigenvalue weighted by atomic mass is 19.1. The molecule has 1 heterocycles. The van der Waals surface area contributed by atoms with Crippen LogP contribution in [0.1, 0.15) is 18.0 Å². The molecule has 1 amide bonds. The zero-order chi connectivity index (χ0) is 21.5. The number of amides is 1. The summed E-state index contributed by atoms with van der Waals surface area (Å²) in [6.45, 7) is 2.95. The maximum atomic E-state index is 13.6. The number of nitrogens with one attached hydrogen (secondary N) is 1. The Morgan fingerprint density at radius 3 is 2.37 bits per heavy atom. The molecule has 0 saturated carbocycles. The van der Waals surface area contributed by atoms with Gasteiger partial charge in [-0.05, 0) is 42.0 Å². The molecule has 1 aliphatic heterocycles. The molecule has 0 radical (unpaired) electrons. The summed E-state index contributed by atoms with van der Waals surface area (Å²) in [6, 6.07) is 11.5. The predicted octanol–water partition coefficient (Wildman–Crippen LogP) is 2.51. The van der Waals surface area contributed by atoms with Crippen molar-refractivity contribution >= 4 is 17.6 Å². The Hall–Kier alpha value is -3.00. The number of nitrogens with zero attached hydrogens (tertiary/aromatic N) is 2. The number of anilines is 1. The summed E-state index contributed by atoms with van der Waals surface area (Å²) >= 11 is 0. The van der Waals surface area contributed by atoms with E-state index in [0.29, 0.717) is 31.7 Å². The minimum Gasteiger partial charge on any atom is -0.469 e. The quantitative estimate of drug-likeness (QED) is 0.702. The molecule has 1 saturated heterocycles. The lowest BCUT2D eigenvalue weighted by Gasteiger charge is -2.36. The lowest BCUT2D eigenvalue weighted by Crippen LogP contribution is -2.50. The Morgan fingerprint density at radius 1 is 1.03 bits per heavy atom. The van der Waals surface area contributed by atoms with Crippen LogP contribution in [-0.4, -0.2) is 56.6 Å². The molecule has 3 rings (SSSR count). The number of piperazine rings is 1. The molecule has 0 aliphatic carbocycles. The maximum absolute atomic E-state index is 13.6. The van der Waals surface area contributed by atoms with E-state index in [9.17, 15) is 18.4 Å². The number of carbonyl (C=O) groups excluding carboxylic acids is 2. The van der Waals surface area contributed by atoms with E-state index < -0.39 is 17.8 Å². The predicted molar refractivity (Wildman–Crippen MR) is 109 cm³/mol. The third-order valence-corrected chi connectivity index (χ3v) is 5.12. The van der Waals surface area contributed by atoms with Gasteiger partial charge < -0.3 is 15.0 Å². The SMILES string of the molecule is COC(=O)C[C@@H](NC(=O)CN1CCN(c2ccc(F)cc2)CC1)c1cccc(F)c1. The molecule has 8 heteroatoms. The number of rotatable bonds is 7. The van der Waals surface area contributed by atoms with E-state index in [1.807, 2.05) is 4.90 Å². The number of ether oxygens (including phenoxy) is 1. The number of halogens is 2. The summed E-state index contributed by atoms with van der Waals surface area (Å²) in [4.78, 5) is 28.5. The molecule has 160 valence electrons. The lowest BCUT2D eigenvalue weighted by molar-refractivity contribution is -0.141. The van der Waals surface area contributed by atoms with Gasteiger partial charge in [0.05, 0.1) is 26.1 Å². The van der Waals surface area contributed by atoms with Gasteiger partial charge in [0.1, 0.15) is 11.6 Å². The first-order chi connectivity index (χ1) is 14.4. The highest BCUT2D eigenvalue weighted by Gasteiger charge is 2.23. The molecule has 6 nitrogen and oxygen atoms in total. The van der Waals surface area contributed by atoms with Crippen LogP contribution >= 0.6 is 0 Å². The van der Waals surface area contributed by atoms with Crippen LogP contribution in [0.3, 0.4) is 0 Å². The molecule has 1 atom stereocenters.